The van der Waals surface area contributed by atoms with E-state index in [4.69, 9.17) is 4.74 Å². The molecule has 1 radical (unpaired) electrons. The van der Waals surface area contributed by atoms with Crippen molar-refractivity contribution in [2.75, 3.05) is 6.54 Å². The summed E-state index contributed by atoms with van der Waals surface area (Å²) in [6.07, 6.45) is 0.890. The van der Waals surface area contributed by atoms with Crippen molar-refractivity contribution in [1.29, 1.82) is 0 Å². The second-order valence-electron chi connectivity index (χ2n) is 8.78. The minimum atomic E-state index is -0.245. The van der Waals surface area contributed by atoms with Crippen LogP contribution < -0.4 is 4.74 Å². The van der Waals surface area contributed by atoms with Crippen LogP contribution in [-0.2, 0) is 31.5 Å². The summed E-state index contributed by atoms with van der Waals surface area (Å²) in [6.45, 7) is 13.4. The number of nitrogens with zero attached hydrogens (tertiary/aromatic N) is 1. The number of carbonyl (C=O) groups excluding carboxylic acids is 1. The number of rotatable bonds is 10. The monoisotopic (exact) mass is 604 g/mol. The van der Waals surface area contributed by atoms with E-state index in [1.807, 2.05) is 50.2 Å². The van der Waals surface area contributed by atoms with Crippen molar-refractivity contribution in [1.82, 2.24) is 4.90 Å². The number of aliphatic hydroxyl groups is 1. The molecule has 31 heavy (non-hydrogen) atoms. The van der Waals surface area contributed by atoms with Crippen LogP contribution in [0.3, 0.4) is 0 Å². The van der Waals surface area contributed by atoms with Gasteiger partial charge in [-0.1, -0.05) is 50.2 Å². The molecule has 0 aliphatic carbocycles. The Morgan fingerprint density at radius 3 is 2.10 bits per heavy atom. The summed E-state index contributed by atoms with van der Waals surface area (Å²) < 4.78 is 5.78. The molecule has 0 spiro atoms. The number of hydrogen-bond donors (Lipinski definition) is 1. The molecule has 0 aromatic heterocycles. The average molecular weight is 604 g/mol. The van der Waals surface area contributed by atoms with Crippen LogP contribution in [0.5, 0.6) is 5.75 Å². The molecule has 0 aliphatic heterocycles. The zero-order chi connectivity index (χ0) is 22.3. The van der Waals surface area contributed by atoms with Gasteiger partial charge in [-0.05, 0) is 63.9 Å². The molecule has 1 N–H and O–H groups in total. The van der Waals surface area contributed by atoms with E-state index in [0.29, 0.717) is 17.8 Å². The number of hydrogen-bond acceptors (Lipinski definition) is 4. The van der Waals surface area contributed by atoms with Gasteiger partial charge in [-0.2, -0.15) is 0 Å². The minimum Gasteiger partial charge on any atom is -0.426 e. The molecule has 2 aromatic rings. The molecule has 0 saturated heterocycles. The number of ether oxygens (including phenoxy) is 1. The fraction of sp³-hybridized carbons (Fsp3) is 0.500. The Morgan fingerprint density at radius 2 is 1.58 bits per heavy atom. The molecule has 4 nitrogen and oxygen atoms in total. The fourth-order valence-electron chi connectivity index (χ4n) is 3.87. The van der Waals surface area contributed by atoms with E-state index in [2.05, 4.69) is 44.7 Å². The van der Waals surface area contributed by atoms with Gasteiger partial charge in [-0.3, -0.25) is 9.69 Å². The van der Waals surface area contributed by atoms with Gasteiger partial charge >= 0.3 is 5.97 Å². The normalized spacial score (nSPS) is 12.4. The van der Waals surface area contributed by atoms with Gasteiger partial charge in [-0.15, -0.1) is 0 Å². The maximum absolute atomic E-state index is 12.3. The third-order valence-corrected chi connectivity index (χ3v) is 5.52. The van der Waals surface area contributed by atoms with Crippen molar-refractivity contribution in [3.63, 3.8) is 0 Å². The van der Waals surface area contributed by atoms with E-state index in [-0.39, 0.29) is 44.5 Å². The largest absolute Gasteiger partial charge is 0.426 e. The molecule has 0 heterocycles. The predicted molar refractivity (Wildman–Crippen MR) is 123 cm³/mol. The van der Waals surface area contributed by atoms with Gasteiger partial charge < -0.3 is 9.84 Å². The van der Waals surface area contributed by atoms with Crippen LogP contribution in [0.4, 0.5) is 0 Å². The average Bonchev–Trinajstić information content (AvgIpc) is 2.71. The Hall–Kier alpha value is -1.52. The van der Waals surface area contributed by atoms with Gasteiger partial charge in [-0.25, -0.2) is 0 Å². The SMILES string of the molecule is CC(C)C(=O)Oc1ccc(CO)cc1[C@H](CCN(C(C)C)C(C)C)c1ccccc1.[Ir]. The molecule has 0 amide bonds. The number of carbonyl (C=O) groups is 1. The maximum atomic E-state index is 12.3. The molecule has 173 valence electrons. The summed E-state index contributed by atoms with van der Waals surface area (Å²) in [5.74, 6) is 0.196. The van der Waals surface area contributed by atoms with Crippen molar-refractivity contribution in [3.8, 4) is 5.75 Å². The van der Waals surface area contributed by atoms with Crippen LogP contribution in [-0.4, -0.2) is 34.6 Å². The second kappa shape index (κ2) is 13.1. The predicted octanol–water partition coefficient (Wildman–Crippen LogP) is 5.38. The molecule has 0 fully saturated rings. The molecule has 5 heteroatoms. The van der Waals surface area contributed by atoms with Crippen LogP contribution in [0.2, 0.25) is 0 Å². The number of aliphatic hydroxyl groups excluding tert-OH is 1. The van der Waals surface area contributed by atoms with Gasteiger partial charge in [0.2, 0.25) is 0 Å². The van der Waals surface area contributed by atoms with Crippen molar-refractivity contribution < 1.29 is 34.7 Å². The molecule has 0 unspecified atom stereocenters. The molecule has 1 atom stereocenters. The first-order chi connectivity index (χ1) is 14.2. The minimum absolute atomic E-state index is 0. The quantitative estimate of drug-likeness (QED) is 0.293. The van der Waals surface area contributed by atoms with Gasteiger partial charge in [0.1, 0.15) is 5.75 Å². The van der Waals surface area contributed by atoms with Crippen molar-refractivity contribution in [3.05, 3.63) is 65.2 Å². The number of esters is 1. The molecule has 0 bridgehead atoms. The zero-order valence-electron chi connectivity index (χ0n) is 19.6. The Kier molecular flexibility index (Phi) is 11.6. The topological polar surface area (TPSA) is 49.8 Å². The molecule has 0 aliphatic rings. The first kappa shape index (κ1) is 27.5. The van der Waals surface area contributed by atoms with Crippen LogP contribution in [0.25, 0.3) is 0 Å². The molecule has 2 aromatic carbocycles. The summed E-state index contributed by atoms with van der Waals surface area (Å²) >= 11 is 0. The van der Waals surface area contributed by atoms with E-state index in [1.165, 1.54) is 5.56 Å². The summed E-state index contributed by atoms with van der Waals surface area (Å²) in [4.78, 5) is 14.8. The Labute approximate surface area is 201 Å². The first-order valence-corrected chi connectivity index (χ1v) is 11.0. The van der Waals surface area contributed by atoms with Crippen LogP contribution in [0.1, 0.15) is 70.6 Å². The molecule has 2 rings (SSSR count). The molecular formula is C26H37IrNO3. The Bertz CT molecular complexity index is 798. The van der Waals surface area contributed by atoms with Gasteiger partial charge in [0.25, 0.3) is 0 Å². The van der Waals surface area contributed by atoms with Crippen LogP contribution in [0, 0.1) is 5.92 Å². The zero-order valence-corrected chi connectivity index (χ0v) is 22.0. The smallest absolute Gasteiger partial charge is 0.313 e. The van der Waals surface area contributed by atoms with Crippen molar-refractivity contribution >= 4 is 5.97 Å². The standard InChI is InChI=1S/C26H37NO3.Ir/c1-18(2)26(29)30-25-13-12-21(17-28)16-24(25)23(22-10-8-7-9-11-22)14-15-27(19(3)4)20(5)6;/h7-13,16,18-20,23,28H,14-15,17H2,1-6H3;/t23-;/m1./s1. The first-order valence-electron chi connectivity index (χ1n) is 11.0. The van der Waals surface area contributed by atoms with Crippen molar-refractivity contribution in [2.45, 2.75) is 72.6 Å². The Balaban J connectivity index is 0.00000480. The van der Waals surface area contributed by atoms with E-state index >= 15 is 0 Å². The van der Waals surface area contributed by atoms with Crippen LogP contribution >= 0.6 is 0 Å². The molecular weight excluding hydrogens is 567 g/mol. The summed E-state index contributed by atoms with van der Waals surface area (Å²) in [5.41, 5.74) is 2.95. The summed E-state index contributed by atoms with van der Waals surface area (Å²) in [6, 6.07) is 16.9. The number of benzene rings is 2. The Morgan fingerprint density at radius 1 is 0.968 bits per heavy atom. The van der Waals surface area contributed by atoms with Gasteiger partial charge in [0.05, 0.1) is 12.5 Å². The van der Waals surface area contributed by atoms with Gasteiger partial charge in [0.15, 0.2) is 0 Å². The summed E-state index contributed by atoms with van der Waals surface area (Å²) in [7, 11) is 0. The summed E-state index contributed by atoms with van der Waals surface area (Å²) in [5, 5.41) is 9.72. The van der Waals surface area contributed by atoms with Crippen molar-refractivity contribution in [2.24, 2.45) is 5.92 Å². The third kappa shape index (κ3) is 7.84. The van der Waals surface area contributed by atoms with E-state index in [0.717, 1.165) is 24.1 Å². The second-order valence-corrected chi connectivity index (χ2v) is 8.78. The van der Waals surface area contributed by atoms with Gasteiger partial charge in [0, 0.05) is 43.7 Å². The van der Waals surface area contributed by atoms with E-state index in [9.17, 15) is 9.90 Å². The van der Waals surface area contributed by atoms with E-state index < -0.39 is 0 Å². The fourth-order valence-corrected chi connectivity index (χ4v) is 3.87. The molecule has 0 saturated carbocycles. The maximum Gasteiger partial charge on any atom is 0.313 e. The van der Waals surface area contributed by atoms with E-state index in [1.54, 1.807) is 0 Å². The third-order valence-electron chi connectivity index (χ3n) is 5.52. The van der Waals surface area contributed by atoms with Crippen LogP contribution in [0.15, 0.2) is 48.5 Å².